The van der Waals surface area contributed by atoms with Gasteiger partial charge in [-0.15, -0.1) is 0 Å². The van der Waals surface area contributed by atoms with Gasteiger partial charge in [0.05, 0.1) is 6.04 Å². The molecule has 196 valence electrons. The molecule has 11 heteroatoms. The first-order valence-electron chi connectivity index (χ1n) is 11.8. The summed E-state index contributed by atoms with van der Waals surface area (Å²) in [6.45, 7) is 1.30. The second-order valence-corrected chi connectivity index (χ2v) is 8.79. The Morgan fingerprint density at radius 1 is 1.03 bits per heavy atom. The van der Waals surface area contributed by atoms with Crippen LogP contribution in [0.1, 0.15) is 24.0 Å². The maximum Gasteiger partial charge on any atom is 0.313 e. The molecule has 1 aliphatic heterocycles. The van der Waals surface area contributed by atoms with Crippen molar-refractivity contribution in [1.82, 2.24) is 16.0 Å². The molecule has 0 bridgehead atoms. The normalized spacial score (nSPS) is 16.3. The maximum atomic E-state index is 14.3. The minimum atomic E-state index is -1.43. The summed E-state index contributed by atoms with van der Waals surface area (Å²) < 4.78 is 14.3. The van der Waals surface area contributed by atoms with Crippen LogP contribution >= 0.6 is 0 Å². The van der Waals surface area contributed by atoms with E-state index in [1.165, 1.54) is 18.2 Å². The number of carbonyl (C=O) groups excluding carboxylic acids is 5. The van der Waals surface area contributed by atoms with Gasteiger partial charge < -0.3 is 26.4 Å². The molecule has 2 aromatic carbocycles. The van der Waals surface area contributed by atoms with Crippen LogP contribution in [-0.4, -0.2) is 59.8 Å². The van der Waals surface area contributed by atoms with Crippen molar-refractivity contribution in [1.29, 1.82) is 0 Å². The van der Waals surface area contributed by atoms with Gasteiger partial charge in [-0.3, -0.25) is 24.0 Å². The van der Waals surface area contributed by atoms with Crippen LogP contribution in [0.4, 0.5) is 10.1 Å². The number of aliphatic hydroxyl groups is 1. The Balaban J connectivity index is 1.78. The standard InChI is InChI=1S/C26H29FN4O6/c1-15-6-2-5-9-19(15)29-25(36)26(37)31-21(12-16-7-3-4-8-18(16)27)24(35)30-20(22(33)14-32)13-17-10-11-28-23(17)34/h2-9,17,20-21,32H,10-14H2,1H3,(H,28,34)(H,29,36)(H,30,35)(H,31,37)/t17-,20-,21-/m0/s1. The Morgan fingerprint density at radius 3 is 2.38 bits per heavy atom. The van der Waals surface area contributed by atoms with Crippen LogP contribution in [0.2, 0.25) is 0 Å². The smallest absolute Gasteiger partial charge is 0.313 e. The molecule has 2 aromatic rings. The molecular formula is C26H29FN4O6. The van der Waals surface area contributed by atoms with E-state index in [0.717, 1.165) is 0 Å². The third-order valence-electron chi connectivity index (χ3n) is 6.15. The molecule has 0 saturated carbocycles. The first-order chi connectivity index (χ1) is 17.7. The quantitative estimate of drug-likeness (QED) is 0.290. The summed E-state index contributed by atoms with van der Waals surface area (Å²) in [4.78, 5) is 62.7. The van der Waals surface area contributed by atoms with E-state index < -0.39 is 53.9 Å². The molecule has 1 saturated heterocycles. The van der Waals surface area contributed by atoms with E-state index >= 15 is 0 Å². The molecular weight excluding hydrogens is 483 g/mol. The summed E-state index contributed by atoms with van der Waals surface area (Å²) >= 11 is 0. The van der Waals surface area contributed by atoms with Crippen molar-refractivity contribution in [2.45, 2.75) is 38.3 Å². The highest BCUT2D eigenvalue weighted by molar-refractivity contribution is 6.40. The molecule has 1 heterocycles. The lowest BCUT2D eigenvalue weighted by Crippen LogP contribution is -2.55. The molecule has 4 amide bonds. The number of para-hydroxylation sites is 1. The number of hydrogen-bond donors (Lipinski definition) is 5. The molecule has 0 spiro atoms. The molecule has 3 atom stereocenters. The number of ketones is 1. The third-order valence-corrected chi connectivity index (χ3v) is 6.15. The molecule has 1 aliphatic rings. The number of Topliss-reactive ketones (excluding diaryl/α,β-unsaturated/α-hetero) is 1. The average molecular weight is 513 g/mol. The lowest BCUT2D eigenvalue weighted by Gasteiger charge is -2.24. The second kappa shape index (κ2) is 12.7. The van der Waals surface area contributed by atoms with E-state index in [0.29, 0.717) is 24.2 Å². The number of amides is 4. The number of benzene rings is 2. The summed E-state index contributed by atoms with van der Waals surface area (Å²) in [5.41, 5.74) is 1.22. The number of nitrogens with one attached hydrogen (secondary N) is 4. The predicted molar refractivity (Wildman–Crippen MR) is 132 cm³/mol. The van der Waals surface area contributed by atoms with Crippen LogP contribution < -0.4 is 21.3 Å². The number of aryl methyl sites for hydroxylation is 1. The van der Waals surface area contributed by atoms with Gasteiger partial charge in [0.15, 0.2) is 5.78 Å². The largest absolute Gasteiger partial charge is 0.389 e. The third kappa shape index (κ3) is 7.43. The van der Waals surface area contributed by atoms with Crippen LogP contribution in [0, 0.1) is 18.7 Å². The molecule has 37 heavy (non-hydrogen) atoms. The van der Waals surface area contributed by atoms with Crippen molar-refractivity contribution in [3.8, 4) is 0 Å². The van der Waals surface area contributed by atoms with Crippen molar-refractivity contribution in [2.75, 3.05) is 18.5 Å². The monoisotopic (exact) mass is 512 g/mol. The minimum absolute atomic E-state index is 0.0505. The first-order valence-corrected chi connectivity index (χ1v) is 11.8. The molecule has 0 aliphatic carbocycles. The van der Waals surface area contributed by atoms with E-state index in [9.17, 15) is 33.5 Å². The molecule has 3 rings (SSSR count). The SMILES string of the molecule is Cc1ccccc1NC(=O)C(=O)N[C@@H](Cc1ccccc1F)C(=O)N[C@@H](C[C@@H]1CCNC1=O)C(=O)CO. The summed E-state index contributed by atoms with van der Waals surface area (Å²) in [6, 6.07) is 9.77. The molecule has 10 nitrogen and oxygen atoms in total. The lowest BCUT2D eigenvalue weighted by atomic mass is 9.95. The van der Waals surface area contributed by atoms with E-state index in [1.54, 1.807) is 37.3 Å². The predicted octanol–water partition coefficient (Wildman–Crippen LogP) is 0.373. The van der Waals surface area contributed by atoms with Crippen LogP contribution in [0.5, 0.6) is 0 Å². The molecule has 0 unspecified atom stereocenters. The highest BCUT2D eigenvalue weighted by Gasteiger charge is 2.33. The van der Waals surface area contributed by atoms with Gasteiger partial charge in [-0.25, -0.2) is 4.39 Å². The van der Waals surface area contributed by atoms with E-state index in [4.69, 9.17) is 0 Å². The number of rotatable bonds is 10. The fourth-order valence-electron chi connectivity index (χ4n) is 4.02. The van der Waals surface area contributed by atoms with Crippen LogP contribution in [0.25, 0.3) is 0 Å². The highest BCUT2D eigenvalue weighted by Crippen LogP contribution is 2.17. The Bertz CT molecular complexity index is 1190. The van der Waals surface area contributed by atoms with E-state index in [-0.39, 0.29) is 24.3 Å². The fourth-order valence-corrected chi connectivity index (χ4v) is 4.02. The average Bonchev–Trinajstić information content (AvgIpc) is 3.29. The van der Waals surface area contributed by atoms with Gasteiger partial charge in [0.1, 0.15) is 18.5 Å². The molecule has 5 N–H and O–H groups in total. The molecule has 0 radical (unpaired) electrons. The zero-order valence-corrected chi connectivity index (χ0v) is 20.3. The maximum absolute atomic E-state index is 14.3. The van der Waals surface area contributed by atoms with Gasteiger partial charge in [0, 0.05) is 24.6 Å². The van der Waals surface area contributed by atoms with Gasteiger partial charge in [-0.1, -0.05) is 36.4 Å². The van der Waals surface area contributed by atoms with Gasteiger partial charge in [0.2, 0.25) is 11.8 Å². The number of aliphatic hydroxyl groups excluding tert-OH is 1. The number of anilines is 1. The van der Waals surface area contributed by atoms with Gasteiger partial charge in [-0.05, 0) is 43.0 Å². The molecule has 1 fully saturated rings. The van der Waals surface area contributed by atoms with E-state index in [1.807, 2.05) is 0 Å². The van der Waals surface area contributed by atoms with Gasteiger partial charge in [-0.2, -0.15) is 0 Å². The lowest BCUT2D eigenvalue weighted by molar-refractivity contribution is -0.138. The van der Waals surface area contributed by atoms with Gasteiger partial charge in [0.25, 0.3) is 0 Å². The van der Waals surface area contributed by atoms with Crippen molar-refractivity contribution in [3.05, 3.63) is 65.5 Å². The number of hydrogen-bond acceptors (Lipinski definition) is 6. The minimum Gasteiger partial charge on any atom is -0.389 e. The zero-order chi connectivity index (χ0) is 26.9. The van der Waals surface area contributed by atoms with Crippen molar-refractivity contribution < 1.29 is 33.5 Å². The molecule has 0 aromatic heterocycles. The number of carbonyl (C=O) groups is 5. The Kier molecular flexibility index (Phi) is 9.45. The van der Waals surface area contributed by atoms with Crippen LogP contribution in [0.3, 0.4) is 0 Å². The van der Waals surface area contributed by atoms with Gasteiger partial charge >= 0.3 is 11.8 Å². The number of halogens is 1. The van der Waals surface area contributed by atoms with Crippen molar-refractivity contribution in [3.63, 3.8) is 0 Å². The summed E-state index contributed by atoms with van der Waals surface area (Å²) in [5.74, 6) is -5.20. The fraction of sp³-hybridized carbons (Fsp3) is 0.346. The Hall–Kier alpha value is -4.12. The van der Waals surface area contributed by atoms with Crippen molar-refractivity contribution in [2.24, 2.45) is 5.92 Å². The van der Waals surface area contributed by atoms with Crippen LogP contribution in [-0.2, 0) is 30.4 Å². The zero-order valence-electron chi connectivity index (χ0n) is 20.3. The Labute approximate surface area is 213 Å². The highest BCUT2D eigenvalue weighted by atomic mass is 19.1. The van der Waals surface area contributed by atoms with E-state index in [2.05, 4.69) is 21.3 Å². The first kappa shape index (κ1) is 27.5. The summed E-state index contributed by atoms with van der Waals surface area (Å²) in [7, 11) is 0. The second-order valence-electron chi connectivity index (χ2n) is 8.79. The summed E-state index contributed by atoms with van der Waals surface area (Å²) in [6.07, 6.45) is 0.0926. The summed E-state index contributed by atoms with van der Waals surface area (Å²) in [5, 5.41) is 19.3. The van der Waals surface area contributed by atoms with Crippen molar-refractivity contribution >= 4 is 35.1 Å². The topological polar surface area (TPSA) is 154 Å². The Morgan fingerprint density at radius 2 is 1.73 bits per heavy atom. The van der Waals surface area contributed by atoms with Crippen LogP contribution in [0.15, 0.2) is 48.5 Å².